The Balaban J connectivity index is 1.06. The summed E-state index contributed by atoms with van der Waals surface area (Å²) < 4.78 is 8.79. The zero-order chi connectivity index (χ0) is 37.7. The van der Waals surface area contributed by atoms with Crippen molar-refractivity contribution < 1.29 is 4.42 Å². The van der Waals surface area contributed by atoms with Crippen molar-refractivity contribution in [1.82, 2.24) is 19.5 Å². The summed E-state index contributed by atoms with van der Waals surface area (Å²) in [7, 11) is 0. The minimum absolute atomic E-state index is 0.605. The summed E-state index contributed by atoms with van der Waals surface area (Å²) in [5.41, 5.74) is 11.0. The van der Waals surface area contributed by atoms with Gasteiger partial charge in [0.15, 0.2) is 17.5 Å². The molecule has 0 spiro atoms. The van der Waals surface area contributed by atoms with E-state index in [1.165, 1.54) is 10.8 Å². The van der Waals surface area contributed by atoms with Gasteiger partial charge >= 0.3 is 0 Å². The maximum atomic E-state index is 6.43. The number of nitrogens with zero attached hydrogens (tertiary/aromatic N) is 5. The van der Waals surface area contributed by atoms with Crippen LogP contribution in [0.1, 0.15) is 0 Å². The summed E-state index contributed by atoms with van der Waals surface area (Å²) >= 11 is 0. The molecular formula is C51H33N5O. The van der Waals surface area contributed by atoms with Crippen LogP contribution in [0.2, 0.25) is 0 Å². The van der Waals surface area contributed by atoms with Crippen LogP contribution in [0.15, 0.2) is 205 Å². The number of para-hydroxylation sites is 3. The maximum absolute atomic E-state index is 6.43. The zero-order valence-corrected chi connectivity index (χ0v) is 30.7. The van der Waals surface area contributed by atoms with E-state index in [0.29, 0.717) is 17.5 Å². The van der Waals surface area contributed by atoms with Gasteiger partial charge in [-0.3, -0.25) is 0 Å². The molecule has 57 heavy (non-hydrogen) atoms. The minimum Gasteiger partial charge on any atom is -0.456 e. The summed E-state index contributed by atoms with van der Waals surface area (Å²) in [5.74, 6) is 1.86. The quantitative estimate of drug-likeness (QED) is 0.163. The second-order valence-electron chi connectivity index (χ2n) is 14.1. The molecule has 0 bridgehead atoms. The number of hydrogen-bond donors (Lipinski definition) is 0. The molecule has 0 amide bonds. The highest BCUT2D eigenvalue weighted by molar-refractivity contribution is 6.12. The molecule has 0 saturated carbocycles. The standard InChI is InChI=1S/C51H33N5O/c1-5-15-34(16-6-1)49-52-50(35-17-7-2-8-18-35)54-51(53-49)36-25-29-47-43(31-36)44-33-40(27-30-48(44)57-47)56-45-24-14-13-23-41(45)42-32-39(26-28-46(42)56)55(37-19-9-3-10-20-37)38-21-11-4-12-22-38/h1-33H. The summed E-state index contributed by atoms with van der Waals surface area (Å²) in [4.78, 5) is 17.2. The number of rotatable bonds is 7. The SMILES string of the molecule is c1ccc(-c2nc(-c3ccccc3)nc(-c3ccc4oc5ccc(-n6c7ccccc7c7cc(N(c8ccccc8)c8ccccc8)ccc76)cc5c4c3)n2)cc1. The highest BCUT2D eigenvalue weighted by Crippen LogP contribution is 2.41. The molecule has 0 N–H and O–H groups in total. The van der Waals surface area contributed by atoms with E-state index in [9.17, 15) is 0 Å². The number of aromatic nitrogens is 4. The molecule has 0 radical (unpaired) electrons. The van der Waals surface area contributed by atoms with Crippen LogP contribution in [-0.4, -0.2) is 19.5 Å². The largest absolute Gasteiger partial charge is 0.456 e. The number of anilines is 3. The number of benzene rings is 8. The fourth-order valence-electron chi connectivity index (χ4n) is 7.96. The van der Waals surface area contributed by atoms with Gasteiger partial charge in [-0.2, -0.15) is 0 Å². The topological polar surface area (TPSA) is 60.0 Å². The molecule has 0 fully saturated rings. The molecule has 8 aromatic carbocycles. The molecule has 6 heteroatoms. The summed E-state index contributed by atoms with van der Waals surface area (Å²) in [6.45, 7) is 0. The first-order valence-corrected chi connectivity index (χ1v) is 19.0. The Morgan fingerprint density at radius 2 is 0.860 bits per heavy atom. The van der Waals surface area contributed by atoms with Crippen LogP contribution in [0, 0.1) is 0 Å². The van der Waals surface area contributed by atoms with Crippen LogP contribution >= 0.6 is 0 Å². The monoisotopic (exact) mass is 731 g/mol. The van der Waals surface area contributed by atoms with Gasteiger partial charge in [-0.15, -0.1) is 0 Å². The van der Waals surface area contributed by atoms with Crippen LogP contribution in [0.25, 0.3) is 83.6 Å². The Kier molecular flexibility index (Phi) is 7.71. The zero-order valence-electron chi connectivity index (χ0n) is 30.7. The van der Waals surface area contributed by atoms with E-state index in [1.54, 1.807) is 0 Å². The van der Waals surface area contributed by atoms with Crippen LogP contribution in [0.5, 0.6) is 0 Å². The van der Waals surface area contributed by atoms with Crippen molar-refractivity contribution >= 4 is 60.8 Å². The predicted molar refractivity (Wildman–Crippen MR) is 232 cm³/mol. The third-order valence-corrected chi connectivity index (χ3v) is 10.6. The van der Waals surface area contributed by atoms with Gasteiger partial charge in [0, 0.05) is 61.0 Å². The van der Waals surface area contributed by atoms with Crippen molar-refractivity contribution in [1.29, 1.82) is 0 Å². The second kappa shape index (κ2) is 13.5. The van der Waals surface area contributed by atoms with Crippen molar-refractivity contribution in [2.75, 3.05) is 4.90 Å². The Morgan fingerprint density at radius 3 is 1.49 bits per heavy atom. The Morgan fingerprint density at radius 1 is 0.351 bits per heavy atom. The summed E-state index contributed by atoms with van der Waals surface area (Å²) in [5, 5.41) is 4.38. The van der Waals surface area contributed by atoms with Crippen LogP contribution in [-0.2, 0) is 0 Å². The lowest BCUT2D eigenvalue weighted by molar-refractivity contribution is 0.669. The predicted octanol–water partition coefficient (Wildman–Crippen LogP) is 13.3. The van der Waals surface area contributed by atoms with Gasteiger partial charge in [0.1, 0.15) is 11.2 Å². The average molecular weight is 732 g/mol. The molecule has 268 valence electrons. The fraction of sp³-hybridized carbons (Fsp3) is 0. The fourth-order valence-corrected chi connectivity index (χ4v) is 7.96. The summed E-state index contributed by atoms with van der Waals surface area (Å²) in [6, 6.07) is 69.3. The molecule has 0 unspecified atom stereocenters. The van der Waals surface area contributed by atoms with Crippen LogP contribution < -0.4 is 4.90 Å². The smallest absolute Gasteiger partial charge is 0.164 e. The van der Waals surface area contributed by atoms with E-state index in [4.69, 9.17) is 19.4 Å². The molecular weight excluding hydrogens is 699 g/mol. The van der Waals surface area contributed by atoms with Gasteiger partial charge in [-0.05, 0) is 84.9 Å². The van der Waals surface area contributed by atoms with Gasteiger partial charge < -0.3 is 13.9 Å². The summed E-state index contributed by atoms with van der Waals surface area (Å²) in [6.07, 6.45) is 0. The lowest BCUT2D eigenvalue weighted by Gasteiger charge is -2.25. The molecule has 3 aromatic heterocycles. The molecule has 3 heterocycles. The van der Waals surface area contributed by atoms with Gasteiger partial charge in [0.25, 0.3) is 0 Å². The highest BCUT2D eigenvalue weighted by Gasteiger charge is 2.19. The maximum Gasteiger partial charge on any atom is 0.164 e. The van der Waals surface area contributed by atoms with E-state index in [-0.39, 0.29) is 0 Å². The second-order valence-corrected chi connectivity index (χ2v) is 14.1. The van der Waals surface area contributed by atoms with Crippen molar-refractivity contribution in [3.63, 3.8) is 0 Å². The van der Waals surface area contributed by atoms with Crippen molar-refractivity contribution in [2.45, 2.75) is 0 Å². The molecule has 0 saturated heterocycles. The van der Waals surface area contributed by atoms with Gasteiger partial charge in [-0.25, -0.2) is 15.0 Å². The molecule has 0 atom stereocenters. The lowest BCUT2D eigenvalue weighted by atomic mass is 10.1. The molecule has 11 rings (SSSR count). The molecule has 0 aliphatic rings. The Hall–Kier alpha value is -7.83. The van der Waals surface area contributed by atoms with Crippen molar-refractivity contribution in [3.8, 4) is 39.9 Å². The first kappa shape index (κ1) is 32.6. The van der Waals surface area contributed by atoms with Crippen molar-refractivity contribution in [3.05, 3.63) is 200 Å². The molecule has 6 nitrogen and oxygen atoms in total. The van der Waals surface area contributed by atoms with Gasteiger partial charge in [0.05, 0.1) is 11.0 Å². The molecule has 0 aliphatic heterocycles. The van der Waals surface area contributed by atoms with Crippen molar-refractivity contribution in [2.24, 2.45) is 0 Å². The van der Waals surface area contributed by atoms with Crippen LogP contribution in [0.4, 0.5) is 17.1 Å². The van der Waals surface area contributed by atoms with E-state index < -0.39 is 0 Å². The first-order valence-electron chi connectivity index (χ1n) is 19.0. The number of fused-ring (bicyclic) bond motifs is 6. The third kappa shape index (κ3) is 5.70. The lowest BCUT2D eigenvalue weighted by Crippen LogP contribution is -2.09. The average Bonchev–Trinajstić information content (AvgIpc) is 3.82. The highest BCUT2D eigenvalue weighted by atomic mass is 16.3. The van der Waals surface area contributed by atoms with Gasteiger partial charge in [0.2, 0.25) is 0 Å². The number of hydrogen-bond acceptors (Lipinski definition) is 5. The van der Waals surface area contributed by atoms with Crippen LogP contribution in [0.3, 0.4) is 0 Å². The van der Waals surface area contributed by atoms with E-state index >= 15 is 0 Å². The van der Waals surface area contributed by atoms with E-state index in [2.05, 4.69) is 137 Å². The third-order valence-electron chi connectivity index (χ3n) is 10.6. The first-order chi connectivity index (χ1) is 28.2. The Bertz CT molecular complexity index is 3130. The Labute approximate surface area is 328 Å². The van der Waals surface area contributed by atoms with Gasteiger partial charge in [-0.1, -0.05) is 115 Å². The van der Waals surface area contributed by atoms with E-state index in [0.717, 1.165) is 72.4 Å². The normalized spacial score (nSPS) is 11.5. The molecule has 0 aliphatic carbocycles. The van der Waals surface area contributed by atoms with E-state index in [1.807, 2.05) is 72.8 Å². The number of furan rings is 1. The molecule has 11 aromatic rings. The minimum atomic E-state index is 0.605.